The minimum absolute atomic E-state index is 0.332. The Morgan fingerprint density at radius 2 is 2.10 bits per heavy atom. The summed E-state index contributed by atoms with van der Waals surface area (Å²) in [7, 11) is 1.68. The summed E-state index contributed by atoms with van der Waals surface area (Å²) < 4.78 is 5.36. The van der Waals surface area contributed by atoms with Gasteiger partial charge in [0, 0.05) is 31.7 Å². The number of hydrogen-bond acceptors (Lipinski definition) is 4. The van der Waals surface area contributed by atoms with Crippen molar-refractivity contribution in [3.63, 3.8) is 0 Å². The molecule has 1 amide bonds. The average Bonchev–Trinajstić information content (AvgIpc) is 2.48. The molecule has 2 N–H and O–H groups in total. The summed E-state index contributed by atoms with van der Waals surface area (Å²) in [4.78, 5) is 12.6. The van der Waals surface area contributed by atoms with Crippen LogP contribution in [0, 0.1) is 0 Å². The lowest BCUT2D eigenvalue weighted by molar-refractivity contribution is -0.111. The predicted molar refractivity (Wildman–Crippen MR) is 76.5 cm³/mol. The Labute approximate surface area is 119 Å². The molecule has 1 saturated heterocycles. The van der Waals surface area contributed by atoms with Crippen LogP contribution >= 0.6 is 0 Å². The zero-order chi connectivity index (χ0) is 14.4. The summed E-state index contributed by atoms with van der Waals surface area (Å²) in [5.41, 5.74) is 0.393. The number of amides is 1. The highest BCUT2D eigenvalue weighted by Crippen LogP contribution is 2.25. The van der Waals surface area contributed by atoms with Crippen LogP contribution in [0.2, 0.25) is 0 Å². The number of methoxy groups -OCH3 is 1. The number of carbonyl (C=O) groups is 1. The average molecular weight is 278 g/mol. The molecule has 1 heterocycles. The fourth-order valence-electron chi connectivity index (χ4n) is 2.61. The van der Waals surface area contributed by atoms with Crippen LogP contribution in [0.1, 0.15) is 18.4 Å². The molecule has 1 aliphatic heterocycles. The molecular weight excluding hydrogens is 256 g/mol. The van der Waals surface area contributed by atoms with Gasteiger partial charge in [-0.05, 0) is 18.9 Å². The smallest absolute Gasteiger partial charge is 0.207 e. The highest BCUT2D eigenvalue weighted by atomic mass is 16.5. The number of para-hydroxylation sites is 1. The van der Waals surface area contributed by atoms with Crippen molar-refractivity contribution in [2.75, 3.05) is 26.7 Å². The van der Waals surface area contributed by atoms with Crippen LogP contribution in [0.5, 0.6) is 5.75 Å². The number of nitrogens with one attached hydrogen (secondary N) is 1. The van der Waals surface area contributed by atoms with Crippen LogP contribution in [-0.2, 0) is 11.3 Å². The Hall–Kier alpha value is -1.59. The normalized spacial score (nSPS) is 18.5. The van der Waals surface area contributed by atoms with Gasteiger partial charge in [0.25, 0.3) is 0 Å². The summed E-state index contributed by atoms with van der Waals surface area (Å²) in [6.45, 7) is 2.78. The minimum atomic E-state index is -0.766. The summed E-state index contributed by atoms with van der Waals surface area (Å²) in [5, 5.41) is 12.9. The molecule has 1 aromatic rings. The van der Waals surface area contributed by atoms with Crippen molar-refractivity contribution < 1.29 is 14.6 Å². The maximum absolute atomic E-state index is 10.3. The van der Waals surface area contributed by atoms with Crippen molar-refractivity contribution in [3.8, 4) is 5.75 Å². The molecular formula is C15H22N2O3. The maximum atomic E-state index is 10.3. The van der Waals surface area contributed by atoms with Crippen LogP contribution in [0.3, 0.4) is 0 Å². The van der Waals surface area contributed by atoms with Crippen molar-refractivity contribution in [1.29, 1.82) is 0 Å². The van der Waals surface area contributed by atoms with Gasteiger partial charge in [-0.1, -0.05) is 18.2 Å². The van der Waals surface area contributed by atoms with Gasteiger partial charge in [-0.3, -0.25) is 9.69 Å². The fourth-order valence-corrected chi connectivity index (χ4v) is 2.61. The van der Waals surface area contributed by atoms with Crippen molar-refractivity contribution in [2.45, 2.75) is 25.0 Å². The maximum Gasteiger partial charge on any atom is 0.207 e. The van der Waals surface area contributed by atoms with E-state index in [0.29, 0.717) is 25.8 Å². The number of piperidine rings is 1. The molecule has 0 aromatic heterocycles. The molecule has 2 rings (SSSR count). The van der Waals surface area contributed by atoms with Crippen LogP contribution < -0.4 is 10.1 Å². The topological polar surface area (TPSA) is 61.8 Å². The van der Waals surface area contributed by atoms with Gasteiger partial charge in [-0.25, -0.2) is 0 Å². The van der Waals surface area contributed by atoms with Crippen LogP contribution in [0.4, 0.5) is 0 Å². The van der Waals surface area contributed by atoms with Gasteiger partial charge in [0.05, 0.1) is 12.7 Å². The molecule has 1 aromatic carbocycles. The molecule has 0 aliphatic carbocycles. The van der Waals surface area contributed by atoms with Crippen LogP contribution in [0.25, 0.3) is 0 Å². The number of aliphatic hydroxyl groups is 1. The Morgan fingerprint density at radius 1 is 1.40 bits per heavy atom. The molecule has 0 bridgehead atoms. The Balaban J connectivity index is 1.89. The molecule has 5 heteroatoms. The van der Waals surface area contributed by atoms with Gasteiger partial charge >= 0.3 is 0 Å². The second kappa shape index (κ2) is 6.72. The Kier molecular flexibility index (Phi) is 4.98. The lowest BCUT2D eigenvalue weighted by Gasteiger charge is -2.38. The molecule has 0 saturated carbocycles. The first kappa shape index (κ1) is 14.8. The highest BCUT2D eigenvalue weighted by molar-refractivity contribution is 5.46. The lowest BCUT2D eigenvalue weighted by Crippen LogP contribution is -2.49. The molecule has 20 heavy (non-hydrogen) atoms. The zero-order valence-corrected chi connectivity index (χ0v) is 11.8. The standard InChI is InChI=1S/C15H22N2O3/c1-20-14-5-3-2-4-13(14)10-17-8-6-15(19,7-9-17)11-16-12-18/h2-5,12,19H,6-11H2,1H3,(H,16,18). The van der Waals surface area contributed by atoms with E-state index in [1.54, 1.807) is 7.11 Å². The van der Waals surface area contributed by atoms with E-state index in [4.69, 9.17) is 4.74 Å². The number of likely N-dealkylation sites (tertiary alicyclic amines) is 1. The van der Waals surface area contributed by atoms with Gasteiger partial charge in [0.2, 0.25) is 6.41 Å². The summed E-state index contributed by atoms with van der Waals surface area (Å²) >= 11 is 0. The fraction of sp³-hybridized carbons (Fsp3) is 0.533. The number of benzene rings is 1. The number of carbonyl (C=O) groups excluding carboxylic acids is 1. The lowest BCUT2D eigenvalue weighted by atomic mass is 9.91. The van der Waals surface area contributed by atoms with Crippen molar-refractivity contribution in [2.24, 2.45) is 0 Å². The van der Waals surface area contributed by atoms with Crippen LogP contribution in [0.15, 0.2) is 24.3 Å². The van der Waals surface area contributed by atoms with Crippen molar-refractivity contribution in [1.82, 2.24) is 10.2 Å². The third kappa shape index (κ3) is 3.71. The first-order chi connectivity index (χ1) is 9.67. The molecule has 0 unspecified atom stereocenters. The van der Waals surface area contributed by atoms with Gasteiger partial charge in [0.1, 0.15) is 5.75 Å². The van der Waals surface area contributed by atoms with Gasteiger partial charge in [-0.15, -0.1) is 0 Å². The van der Waals surface area contributed by atoms with E-state index in [-0.39, 0.29) is 0 Å². The second-order valence-corrected chi connectivity index (χ2v) is 5.31. The zero-order valence-electron chi connectivity index (χ0n) is 11.8. The minimum Gasteiger partial charge on any atom is -0.496 e. The third-order valence-corrected chi connectivity index (χ3v) is 3.89. The van der Waals surface area contributed by atoms with E-state index >= 15 is 0 Å². The third-order valence-electron chi connectivity index (χ3n) is 3.89. The van der Waals surface area contributed by atoms with E-state index in [2.05, 4.69) is 16.3 Å². The number of ether oxygens (including phenoxy) is 1. The SMILES string of the molecule is COc1ccccc1CN1CCC(O)(CNC=O)CC1. The highest BCUT2D eigenvalue weighted by Gasteiger charge is 2.32. The second-order valence-electron chi connectivity index (χ2n) is 5.31. The first-order valence-electron chi connectivity index (χ1n) is 6.90. The molecule has 110 valence electrons. The number of nitrogens with zero attached hydrogens (tertiary/aromatic N) is 1. The van der Waals surface area contributed by atoms with E-state index in [1.807, 2.05) is 18.2 Å². The largest absolute Gasteiger partial charge is 0.496 e. The summed E-state index contributed by atoms with van der Waals surface area (Å²) in [6.07, 6.45) is 1.98. The molecule has 1 aliphatic rings. The van der Waals surface area contributed by atoms with Crippen molar-refractivity contribution >= 4 is 6.41 Å². The van der Waals surface area contributed by atoms with Gasteiger partial charge in [0.15, 0.2) is 0 Å². The molecule has 0 radical (unpaired) electrons. The molecule has 5 nitrogen and oxygen atoms in total. The number of hydrogen-bond donors (Lipinski definition) is 2. The molecule has 1 fully saturated rings. The first-order valence-corrected chi connectivity index (χ1v) is 6.90. The summed E-state index contributed by atoms with van der Waals surface area (Å²) in [5.74, 6) is 0.899. The van der Waals surface area contributed by atoms with Crippen molar-refractivity contribution in [3.05, 3.63) is 29.8 Å². The molecule has 0 spiro atoms. The summed E-state index contributed by atoms with van der Waals surface area (Å²) in [6, 6.07) is 7.99. The molecule has 0 atom stereocenters. The quantitative estimate of drug-likeness (QED) is 0.755. The van der Waals surface area contributed by atoms with Gasteiger partial charge < -0.3 is 15.2 Å². The monoisotopic (exact) mass is 278 g/mol. The van der Waals surface area contributed by atoms with Crippen LogP contribution in [-0.4, -0.2) is 48.8 Å². The predicted octanol–water partition coefficient (Wildman–Crippen LogP) is 0.768. The van der Waals surface area contributed by atoms with E-state index < -0.39 is 5.60 Å². The van der Waals surface area contributed by atoms with E-state index in [0.717, 1.165) is 30.9 Å². The van der Waals surface area contributed by atoms with E-state index in [9.17, 15) is 9.90 Å². The Morgan fingerprint density at radius 3 is 2.75 bits per heavy atom. The number of rotatable bonds is 6. The van der Waals surface area contributed by atoms with Gasteiger partial charge in [-0.2, -0.15) is 0 Å². The Bertz CT molecular complexity index is 442. The van der Waals surface area contributed by atoms with E-state index in [1.165, 1.54) is 0 Å².